The maximum Gasteiger partial charge on any atom is 0.265 e. The molecule has 0 aromatic heterocycles. The van der Waals surface area contributed by atoms with Crippen molar-refractivity contribution in [2.24, 2.45) is 0 Å². The molecular weight excluding hydrogens is 249 g/mol. The first kappa shape index (κ1) is 11.9. The molecule has 0 saturated carbocycles. The van der Waals surface area contributed by atoms with Crippen LogP contribution in [0.15, 0.2) is 12.1 Å². The molecule has 0 bridgehead atoms. The predicted octanol–water partition coefficient (Wildman–Crippen LogP) is 1.97. The number of carbonyl (C=O) groups is 2. The minimum absolute atomic E-state index is 0.0434. The standard InChI is InChI=1S/C11H9ClFNO3/c1-5-11(16)14-8-3-6(13)2-7(9(15)4-12)10(8)17-5/h2-3,5H,4H2,1H3,(H,14,16). The van der Waals surface area contributed by atoms with Crippen LogP contribution < -0.4 is 10.1 Å². The van der Waals surface area contributed by atoms with Crippen molar-refractivity contribution in [3.8, 4) is 5.75 Å². The molecule has 4 nitrogen and oxygen atoms in total. The number of amides is 1. The lowest BCUT2D eigenvalue weighted by molar-refractivity contribution is -0.122. The molecule has 0 aliphatic carbocycles. The summed E-state index contributed by atoms with van der Waals surface area (Å²) in [6.45, 7) is 1.54. The Kier molecular flexibility index (Phi) is 3.02. The number of anilines is 1. The van der Waals surface area contributed by atoms with Gasteiger partial charge in [0, 0.05) is 6.07 Å². The van der Waals surface area contributed by atoms with Crippen LogP contribution in [-0.2, 0) is 4.79 Å². The number of Topliss-reactive ketones (excluding diaryl/α,β-unsaturated/α-hetero) is 1. The second-order valence-corrected chi connectivity index (χ2v) is 3.90. The zero-order valence-corrected chi connectivity index (χ0v) is 9.68. The summed E-state index contributed by atoms with van der Waals surface area (Å²) in [7, 11) is 0. The van der Waals surface area contributed by atoms with Crippen molar-refractivity contribution in [1.82, 2.24) is 0 Å². The molecule has 1 amide bonds. The number of halogens is 2. The van der Waals surface area contributed by atoms with Gasteiger partial charge in [-0.05, 0) is 13.0 Å². The number of rotatable bonds is 2. The average molecular weight is 258 g/mol. The molecule has 90 valence electrons. The Hall–Kier alpha value is -1.62. The average Bonchev–Trinajstić information content (AvgIpc) is 2.29. The smallest absolute Gasteiger partial charge is 0.265 e. The fraction of sp³-hybridized carbons (Fsp3) is 0.273. The van der Waals surface area contributed by atoms with Crippen LogP contribution >= 0.6 is 11.6 Å². The van der Waals surface area contributed by atoms with Crippen molar-refractivity contribution >= 4 is 29.0 Å². The molecule has 1 aliphatic heterocycles. The van der Waals surface area contributed by atoms with Gasteiger partial charge in [0.1, 0.15) is 5.82 Å². The van der Waals surface area contributed by atoms with Crippen molar-refractivity contribution in [3.05, 3.63) is 23.5 Å². The third-order valence-electron chi connectivity index (χ3n) is 2.40. The Labute approximate surface area is 102 Å². The number of ether oxygens (including phenoxy) is 1. The van der Waals surface area contributed by atoms with Crippen LogP contribution in [-0.4, -0.2) is 23.7 Å². The van der Waals surface area contributed by atoms with Gasteiger partial charge in [-0.15, -0.1) is 11.6 Å². The molecule has 1 atom stereocenters. The molecule has 1 N–H and O–H groups in total. The van der Waals surface area contributed by atoms with E-state index in [4.69, 9.17) is 16.3 Å². The Balaban J connectivity index is 2.55. The summed E-state index contributed by atoms with van der Waals surface area (Å²) >= 11 is 5.43. The quantitative estimate of drug-likeness (QED) is 0.651. The highest BCUT2D eigenvalue weighted by Crippen LogP contribution is 2.34. The third-order valence-corrected chi connectivity index (χ3v) is 2.64. The molecule has 6 heteroatoms. The largest absolute Gasteiger partial charge is 0.478 e. The lowest BCUT2D eigenvalue weighted by Crippen LogP contribution is -2.35. The van der Waals surface area contributed by atoms with Gasteiger partial charge < -0.3 is 10.1 Å². The number of hydrogen-bond acceptors (Lipinski definition) is 3. The maximum absolute atomic E-state index is 13.3. The number of benzene rings is 1. The van der Waals surface area contributed by atoms with E-state index in [-0.39, 0.29) is 28.8 Å². The number of hydrogen-bond donors (Lipinski definition) is 1. The SMILES string of the molecule is CC1Oc2c(cc(F)cc2C(=O)CCl)NC1=O. The molecular formula is C11H9ClFNO3. The summed E-state index contributed by atoms with van der Waals surface area (Å²) in [6.07, 6.45) is -0.727. The highest BCUT2D eigenvalue weighted by Gasteiger charge is 2.28. The van der Waals surface area contributed by atoms with E-state index in [1.165, 1.54) is 6.92 Å². The second-order valence-electron chi connectivity index (χ2n) is 3.64. The summed E-state index contributed by atoms with van der Waals surface area (Å²) in [5, 5.41) is 2.47. The fourth-order valence-corrected chi connectivity index (χ4v) is 1.70. The van der Waals surface area contributed by atoms with Crippen LogP contribution in [0.25, 0.3) is 0 Å². The van der Waals surface area contributed by atoms with E-state index in [1.807, 2.05) is 0 Å². The van der Waals surface area contributed by atoms with Crippen molar-refractivity contribution in [2.75, 3.05) is 11.2 Å². The van der Waals surface area contributed by atoms with Crippen LogP contribution in [0, 0.1) is 5.82 Å². The number of fused-ring (bicyclic) bond motifs is 1. The van der Waals surface area contributed by atoms with Gasteiger partial charge in [0.25, 0.3) is 5.91 Å². The molecule has 0 radical (unpaired) electrons. The van der Waals surface area contributed by atoms with E-state index in [9.17, 15) is 14.0 Å². The Bertz CT molecular complexity index is 504. The minimum atomic E-state index is -0.727. The van der Waals surface area contributed by atoms with E-state index in [2.05, 4.69) is 5.32 Å². The van der Waals surface area contributed by atoms with E-state index in [0.29, 0.717) is 0 Å². The molecule has 1 unspecified atom stereocenters. The highest BCUT2D eigenvalue weighted by molar-refractivity contribution is 6.31. The fourth-order valence-electron chi connectivity index (χ4n) is 1.56. The molecule has 2 rings (SSSR count). The maximum atomic E-state index is 13.3. The van der Waals surface area contributed by atoms with E-state index >= 15 is 0 Å². The lowest BCUT2D eigenvalue weighted by Gasteiger charge is -2.25. The summed E-state index contributed by atoms with van der Waals surface area (Å²) in [6, 6.07) is 2.15. The molecule has 1 aromatic rings. The topological polar surface area (TPSA) is 55.4 Å². The van der Waals surface area contributed by atoms with Crippen LogP contribution in [0.3, 0.4) is 0 Å². The van der Waals surface area contributed by atoms with Gasteiger partial charge in [0.15, 0.2) is 17.6 Å². The van der Waals surface area contributed by atoms with Crippen LogP contribution in [0.4, 0.5) is 10.1 Å². The molecule has 1 heterocycles. The first-order valence-corrected chi connectivity index (χ1v) is 5.46. The van der Waals surface area contributed by atoms with Gasteiger partial charge >= 0.3 is 0 Å². The van der Waals surface area contributed by atoms with Gasteiger partial charge in [0.2, 0.25) is 0 Å². The summed E-state index contributed by atoms with van der Waals surface area (Å²) in [5.74, 6) is -1.57. The van der Waals surface area contributed by atoms with Gasteiger partial charge in [-0.1, -0.05) is 0 Å². The highest BCUT2D eigenvalue weighted by atomic mass is 35.5. The van der Waals surface area contributed by atoms with Crippen molar-refractivity contribution in [1.29, 1.82) is 0 Å². The summed E-state index contributed by atoms with van der Waals surface area (Å²) in [5.41, 5.74) is 0.198. The molecule has 1 aliphatic rings. The van der Waals surface area contributed by atoms with Crippen molar-refractivity contribution < 1.29 is 18.7 Å². The number of nitrogens with one attached hydrogen (secondary N) is 1. The lowest BCUT2D eigenvalue weighted by atomic mass is 10.1. The van der Waals surface area contributed by atoms with Gasteiger partial charge in [-0.2, -0.15) is 0 Å². The second kappa shape index (κ2) is 4.33. The molecule has 0 fully saturated rings. The molecule has 17 heavy (non-hydrogen) atoms. The van der Waals surface area contributed by atoms with Gasteiger partial charge in [-0.3, -0.25) is 9.59 Å². The van der Waals surface area contributed by atoms with E-state index in [1.54, 1.807) is 0 Å². The number of ketones is 1. The molecule has 0 spiro atoms. The number of alkyl halides is 1. The third kappa shape index (κ3) is 2.10. The van der Waals surface area contributed by atoms with Crippen molar-refractivity contribution in [3.63, 3.8) is 0 Å². The van der Waals surface area contributed by atoms with Crippen LogP contribution in [0.5, 0.6) is 5.75 Å². The Morgan fingerprint density at radius 2 is 2.29 bits per heavy atom. The predicted molar refractivity (Wildman–Crippen MR) is 60.2 cm³/mol. The minimum Gasteiger partial charge on any atom is -0.478 e. The first-order chi connectivity index (χ1) is 8.02. The van der Waals surface area contributed by atoms with Crippen LogP contribution in [0.2, 0.25) is 0 Å². The zero-order valence-electron chi connectivity index (χ0n) is 8.92. The van der Waals surface area contributed by atoms with Crippen molar-refractivity contribution in [2.45, 2.75) is 13.0 Å². The Morgan fingerprint density at radius 1 is 1.59 bits per heavy atom. The summed E-state index contributed by atoms with van der Waals surface area (Å²) < 4.78 is 18.6. The zero-order chi connectivity index (χ0) is 12.6. The van der Waals surface area contributed by atoms with Crippen LogP contribution in [0.1, 0.15) is 17.3 Å². The normalized spacial score (nSPS) is 18.1. The summed E-state index contributed by atoms with van der Waals surface area (Å²) in [4.78, 5) is 22.9. The first-order valence-electron chi connectivity index (χ1n) is 4.93. The monoisotopic (exact) mass is 257 g/mol. The van der Waals surface area contributed by atoms with E-state index in [0.717, 1.165) is 12.1 Å². The van der Waals surface area contributed by atoms with Gasteiger partial charge in [0.05, 0.1) is 17.1 Å². The Morgan fingerprint density at radius 3 is 2.94 bits per heavy atom. The molecule has 1 aromatic carbocycles. The van der Waals surface area contributed by atoms with E-state index < -0.39 is 17.7 Å². The van der Waals surface area contributed by atoms with Gasteiger partial charge in [-0.25, -0.2) is 4.39 Å². The molecule has 0 saturated heterocycles. The number of carbonyl (C=O) groups excluding carboxylic acids is 2.